The van der Waals surface area contributed by atoms with E-state index in [-0.39, 0.29) is 23.9 Å². The molecule has 5 rings (SSSR count). The van der Waals surface area contributed by atoms with Gasteiger partial charge in [-0.25, -0.2) is 4.79 Å². The minimum absolute atomic E-state index is 0.101. The summed E-state index contributed by atoms with van der Waals surface area (Å²) < 4.78 is 11.7. The van der Waals surface area contributed by atoms with E-state index in [2.05, 4.69) is 44.9 Å². The highest BCUT2D eigenvalue weighted by Gasteiger charge is 2.26. The lowest BCUT2D eigenvalue weighted by atomic mass is 10.2. The van der Waals surface area contributed by atoms with Gasteiger partial charge < -0.3 is 15.0 Å². The Labute approximate surface area is 205 Å². The van der Waals surface area contributed by atoms with Crippen molar-refractivity contribution in [3.63, 3.8) is 0 Å². The van der Waals surface area contributed by atoms with E-state index in [9.17, 15) is 9.59 Å². The SMILES string of the molecule is Cn1c(=O)n(CC2CCCO2)c(=O)c2c1nc(N1CCCNCC1)n2Cc1ccccc1I. The molecule has 0 radical (unpaired) electrons. The molecule has 2 saturated heterocycles. The number of benzene rings is 1. The molecule has 33 heavy (non-hydrogen) atoms. The molecule has 0 spiro atoms. The number of ether oxygens (including phenoxy) is 1. The molecule has 2 fully saturated rings. The molecule has 1 N–H and O–H groups in total. The number of hydrogen-bond acceptors (Lipinski definition) is 6. The maximum atomic E-state index is 13.7. The van der Waals surface area contributed by atoms with Gasteiger partial charge in [-0.05, 0) is 60.0 Å². The highest BCUT2D eigenvalue weighted by atomic mass is 127. The van der Waals surface area contributed by atoms with Crippen LogP contribution >= 0.6 is 22.6 Å². The van der Waals surface area contributed by atoms with Crippen LogP contribution in [0.25, 0.3) is 11.2 Å². The van der Waals surface area contributed by atoms with Gasteiger partial charge in [0.1, 0.15) is 0 Å². The van der Waals surface area contributed by atoms with Gasteiger partial charge in [0.25, 0.3) is 5.56 Å². The van der Waals surface area contributed by atoms with Crippen LogP contribution in [0.15, 0.2) is 33.9 Å². The molecule has 0 amide bonds. The van der Waals surface area contributed by atoms with Gasteiger partial charge in [-0.2, -0.15) is 4.98 Å². The molecule has 4 heterocycles. The molecule has 2 aliphatic heterocycles. The summed E-state index contributed by atoms with van der Waals surface area (Å²) in [5.41, 5.74) is 1.39. The largest absolute Gasteiger partial charge is 0.376 e. The fourth-order valence-electron chi connectivity index (χ4n) is 4.75. The van der Waals surface area contributed by atoms with E-state index in [1.54, 1.807) is 7.05 Å². The number of halogens is 1. The summed E-state index contributed by atoms with van der Waals surface area (Å²) >= 11 is 2.33. The first-order chi connectivity index (χ1) is 16.0. The van der Waals surface area contributed by atoms with Crippen LogP contribution in [0.3, 0.4) is 0 Å². The van der Waals surface area contributed by atoms with Gasteiger partial charge >= 0.3 is 5.69 Å². The molecular weight excluding hydrogens is 535 g/mol. The van der Waals surface area contributed by atoms with Crippen LogP contribution in [0.2, 0.25) is 0 Å². The molecule has 176 valence electrons. The Balaban J connectivity index is 1.70. The van der Waals surface area contributed by atoms with Crippen molar-refractivity contribution in [2.24, 2.45) is 7.05 Å². The van der Waals surface area contributed by atoms with Crippen LogP contribution < -0.4 is 21.5 Å². The van der Waals surface area contributed by atoms with Crippen molar-refractivity contribution in [2.45, 2.75) is 38.5 Å². The predicted molar refractivity (Wildman–Crippen MR) is 136 cm³/mol. The standard InChI is InChI=1S/C23H29IN6O3/c1-27-20-19(21(31)30(23(27)32)15-17-7-4-13-33-17)29(14-16-6-2-3-8-18(16)24)22(26-20)28-11-5-9-25-10-12-28/h2-3,6,8,17,25H,4-5,7,9-15H2,1H3. The third-order valence-electron chi connectivity index (χ3n) is 6.53. The molecule has 3 aromatic rings. The number of aryl methyl sites for hydroxylation is 1. The molecule has 9 nitrogen and oxygen atoms in total. The van der Waals surface area contributed by atoms with E-state index in [0.29, 0.717) is 24.3 Å². The summed E-state index contributed by atoms with van der Waals surface area (Å²) in [5, 5.41) is 3.43. The molecule has 0 bridgehead atoms. The van der Waals surface area contributed by atoms with Crippen LogP contribution in [-0.2, 0) is 24.9 Å². The first-order valence-electron chi connectivity index (χ1n) is 11.6. The maximum Gasteiger partial charge on any atom is 0.332 e. The minimum atomic E-state index is -0.342. The molecule has 10 heteroatoms. The second-order valence-electron chi connectivity index (χ2n) is 8.74. The zero-order valence-electron chi connectivity index (χ0n) is 18.8. The average molecular weight is 564 g/mol. The van der Waals surface area contributed by atoms with Crippen LogP contribution in [-0.4, -0.2) is 57.6 Å². The van der Waals surface area contributed by atoms with E-state index in [0.717, 1.165) is 60.5 Å². The van der Waals surface area contributed by atoms with Crippen molar-refractivity contribution < 1.29 is 4.74 Å². The van der Waals surface area contributed by atoms with Gasteiger partial charge in [0.05, 0.1) is 19.2 Å². The molecule has 0 aliphatic carbocycles. The first-order valence-corrected chi connectivity index (χ1v) is 12.6. The van der Waals surface area contributed by atoms with Crippen molar-refractivity contribution >= 4 is 39.7 Å². The lowest BCUT2D eigenvalue weighted by molar-refractivity contribution is 0.0949. The highest BCUT2D eigenvalue weighted by molar-refractivity contribution is 14.1. The highest BCUT2D eigenvalue weighted by Crippen LogP contribution is 2.24. The maximum absolute atomic E-state index is 13.7. The Bertz CT molecular complexity index is 1270. The molecular formula is C23H29IN6O3. The lowest BCUT2D eigenvalue weighted by Gasteiger charge is -2.22. The summed E-state index contributed by atoms with van der Waals surface area (Å²) in [6.45, 7) is 4.93. The second kappa shape index (κ2) is 9.59. The second-order valence-corrected chi connectivity index (χ2v) is 9.91. The Morgan fingerprint density at radius 3 is 2.79 bits per heavy atom. The first kappa shape index (κ1) is 22.6. The Kier molecular flexibility index (Phi) is 6.57. The summed E-state index contributed by atoms with van der Waals surface area (Å²) in [7, 11) is 1.70. The molecule has 1 unspecified atom stereocenters. The average Bonchev–Trinajstić information content (AvgIpc) is 3.37. The zero-order chi connectivity index (χ0) is 22.9. The van der Waals surface area contributed by atoms with Gasteiger partial charge in [-0.3, -0.25) is 18.5 Å². The number of rotatable bonds is 5. The van der Waals surface area contributed by atoms with E-state index >= 15 is 0 Å². The minimum Gasteiger partial charge on any atom is -0.376 e. The van der Waals surface area contributed by atoms with Crippen molar-refractivity contribution in [1.29, 1.82) is 0 Å². The van der Waals surface area contributed by atoms with E-state index in [1.807, 2.05) is 16.7 Å². The van der Waals surface area contributed by atoms with Crippen molar-refractivity contribution in [3.8, 4) is 0 Å². The molecule has 0 saturated carbocycles. The van der Waals surface area contributed by atoms with Gasteiger partial charge in [0.15, 0.2) is 11.2 Å². The van der Waals surface area contributed by atoms with Gasteiger partial charge in [0, 0.05) is 36.9 Å². The number of imidazole rings is 1. The van der Waals surface area contributed by atoms with Crippen LogP contribution in [0.1, 0.15) is 24.8 Å². The fraction of sp³-hybridized carbons (Fsp3) is 0.522. The van der Waals surface area contributed by atoms with E-state index in [1.165, 1.54) is 9.13 Å². The molecule has 1 atom stereocenters. The zero-order valence-corrected chi connectivity index (χ0v) is 21.0. The molecule has 2 aliphatic rings. The van der Waals surface area contributed by atoms with E-state index in [4.69, 9.17) is 9.72 Å². The number of anilines is 1. The number of aromatic nitrogens is 4. The van der Waals surface area contributed by atoms with Gasteiger partial charge in [0.2, 0.25) is 5.95 Å². The number of fused-ring (bicyclic) bond motifs is 1. The topological polar surface area (TPSA) is 86.3 Å². The summed E-state index contributed by atoms with van der Waals surface area (Å²) in [6.07, 6.45) is 2.71. The van der Waals surface area contributed by atoms with Crippen molar-refractivity contribution in [1.82, 2.24) is 24.0 Å². The molecule has 2 aromatic heterocycles. The third kappa shape index (κ3) is 4.35. The quantitative estimate of drug-likeness (QED) is 0.474. The summed E-state index contributed by atoms with van der Waals surface area (Å²) in [6, 6.07) is 8.17. The van der Waals surface area contributed by atoms with Crippen molar-refractivity contribution in [2.75, 3.05) is 37.7 Å². The summed E-state index contributed by atoms with van der Waals surface area (Å²) in [4.78, 5) is 34.0. The number of nitrogens with one attached hydrogen (secondary N) is 1. The van der Waals surface area contributed by atoms with E-state index < -0.39 is 0 Å². The Morgan fingerprint density at radius 2 is 2.00 bits per heavy atom. The van der Waals surface area contributed by atoms with Crippen LogP contribution in [0.4, 0.5) is 5.95 Å². The van der Waals surface area contributed by atoms with Crippen molar-refractivity contribution in [3.05, 3.63) is 54.2 Å². The summed E-state index contributed by atoms with van der Waals surface area (Å²) in [5.74, 6) is 0.746. The molecule has 1 aromatic carbocycles. The van der Waals surface area contributed by atoms with Gasteiger partial charge in [-0.15, -0.1) is 0 Å². The van der Waals surface area contributed by atoms with Crippen LogP contribution in [0, 0.1) is 3.57 Å². The number of nitrogens with zero attached hydrogens (tertiary/aromatic N) is 5. The smallest absolute Gasteiger partial charge is 0.332 e. The Morgan fingerprint density at radius 1 is 1.15 bits per heavy atom. The Hall–Kier alpha value is -2.18. The third-order valence-corrected chi connectivity index (χ3v) is 7.58. The monoisotopic (exact) mass is 564 g/mol. The lowest BCUT2D eigenvalue weighted by Crippen LogP contribution is -2.42. The van der Waals surface area contributed by atoms with Gasteiger partial charge in [-0.1, -0.05) is 18.2 Å². The normalized spacial score (nSPS) is 19.3. The number of hydrogen-bond donors (Lipinski definition) is 1. The van der Waals surface area contributed by atoms with Crippen LogP contribution in [0.5, 0.6) is 0 Å². The predicted octanol–water partition coefficient (Wildman–Crippen LogP) is 1.53. The fourth-order valence-corrected chi connectivity index (χ4v) is 5.30.